The van der Waals surface area contributed by atoms with Gasteiger partial charge >= 0.3 is 6.18 Å². The summed E-state index contributed by atoms with van der Waals surface area (Å²) in [6.45, 7) is 0.230. The van der Waals surface area contributed by atoms with Crippen molar-refractivity contribution in [3.05, 3.63) is 71.3 Å². The van der Waals surface area contributed by atoms with Crippen LogP contribution in [0.25, 0.3) is 0 Å². The summed E-state index contributed by atoms with van der Waals surface area (Å²) in [5, 5.41) is 13.9. The van der Waals surface area contributed by atoms with Crippen molar-refractivity contribution in [2.24, 2.45) is 0 Å². The van der Waals surface area contributed by atoms with Gasteiger partial charge in [0.05, 0.1) is 5.56 Å². The SMILES string of the molecule is OC1(c2cccc(C(F)(F)F)c2)CNC(c2ccccc2)C1. The van der Waals surface area contributed by atoms with Gasteiger partial charge in [0.2, 0.25) is 0 Å². The Hall–Kier alpha value is -1.85. The Morgan fingerprint density at radius 2 is 1.77 bits per heavy atom. The molecule has 2 aromatic carbocycles. The number of rotatable bonds is 2. The molecule has 0 amide bonds. The van der Waals surface area contributed by atoms with Crippen LogP contribution in [0.5, 0.6) is 0 Å². The number of hydrogen-bond donors (Lipinski definition) is 2. The average Bonchev–Trinajstić information content (AvgIpc) is 2.91. The van der Waals surface area contributed by atoms with Crippen LogP contribution in [0, 0.1) is 0 Å². The highest BCUT2D eigenvalue weighted by atomic mass is 19.4. The molecule has 2 unspecified atom stereocenters. The Morgan fingerprint density at radius 1 is 1.05 bits per heavy atom. The number of hydrogen-bond acceptors (Lipinski definition) is 2. The van der Waals surface area contributed by atoms with Gasteiger partial charge in [0, 0.05) is 19.0 Å². The fourth-order valence-corrected chi connectivity index (χ4v) is 2.90. The lowest BCUT2D eigenvalue weighted by Gasteiger charge is -2.23. The second-order valence-electron chi connectivity index (χ2n) is 5.66. The molecule has 0 bridgehead atoms. The molecule has 116 valence electrons. The minimum absolute atomic E-state index is 0.0688. The van der Waals surface area contributed by atoms with Gasteiger partial charge in [-0.05, 0) is 23.3 Å². The molecule has 2 atom stereocenters. The van der Waals surface area contributed by atoms with Crippen LogP contribution in [0.2, 0.25) is 0 Å². The number of β-amino-alcohol motifs (C(OH)–C–C–N with tert-alkyl or cyclic N) is 1. The number of alkyl halides is 3. The maximum Gasteiger partial charge on any atom is 0.416 e. The molecule has 0 saturated carbocycles. The standard InChI is InChI=1S/C17H16F3NO/c18-17(19,20)14-8-4-7-13(9-14)16(22)10-15(21-11-16)12-5-2-1-3-6-12/h1-9,15,21-22H,10-11H2. The van der Waals surface area contributed by atoms with Crippen LogP contribution in [-0.4, -0.2) is 11.7 Å². The van der Waals surface area contributed by atoms with Gasteiger partial charge in [0.15, 0.2) is 0 Å². The molecule has 0 radical (unpaired) electrons. The van der Waals surface area contributed by atoms with Crippen LogP contribution in [0.1, 0.15) is 29.2 Å². The molecule has 1 aliphatic heterocycles. The fraction of sp³-hybridized carbons (Fsp3) is 0.294. The third kappa shape index (κ3) is 2.87. The maximum absolute atomic E-state index is 12.8. The van der Waals surface area contributed by atoms with Crippen LogP contribution >= 0.6 is 0 Å². The smallest absolute Gasteiger partial charge is 0.384 e. The van der Waals surface area contributed by atoms with E-state index in [9.17, 15) is 18.3 Å². The molecule has 2 nitrogen and oxygen atoms in total. The van der Waals surface area contributed by atoms with E-state index in [1.165, 1.54) is 6.07 Å². The quantitative estimate of drug-likeness (QED) is 0.888. The van der Waals surface area contributed by atoms with Crippen molar-refractivity contribution < 1.29 is 18.3 Å². The molecule has 1 aliphatic rings. The third-order valence-corrected chi connectivity index (χ3v) is 4.11. The van der Waals surface area contributed by atoms with Crippen LogP contribution in [0.3, 0.4) is 0 Å². The van der Waals surface area contributed by atoms with Crippen LogP contribution in [-0.2, 0) is 11.8 Å². The Morgan fingerprint density at radius 3 is 2.45 bits per heavy atom. The van der Waals surface area contributed by atoms with Crippen molar-refractivity contribution in [2.45, 2.75) is 24.2 Å². The molecule has 0 spiro atoms. The van der Waals surface area contributed by atoms with Crippen molar-refractivity contribution in [2.75, 3.05) is 6.54 Å². The summed E-state index contributed by atoms with van der Waals surface area (Å²) in [6.07, 6.45) is -4.06. The summed E-state index contributed by atoms with van der Waals surface area (Å²) in [4.78, 5) is 0. The Kier molecular flexibility index (Phi) is 3.70. The number of benzene rings is 2. The minimum atomic E-state index is -4.41. The second kappa shape index (κ2) is 5.41. The molecule has 1 fully saturated rings. The highest BCUT2D eigenvalue weighted by Crippen LogP contribution is 2.39. The first-order chi connectivity index (χ1) is 10.4. The predicted molar refractivity (Wildman–Crippen MR) is 77.1 cm³/mol. The minimum Gasteiger partial charge on any atom is -0.384 e. The van der Waals surface area contributed by atoms with Gasteiger partial charge in [-0.25, -0.2) is 0 Å². The largest absolute Gasteiger partial charge is 0.416 e. The van der Waals surface area contributed by atoms with E-state index in [2.05, 4.69) is 5.32 Å². The zero-order chi connectivity index (χ0) is 15.8. The van der Waals surface area contributed by atoms with Crippen molar-refractivity contribution in [1.29, 1.82) is 0 Å². The van der Waals surface area contributed by atoms with Gasteiger partial charge in [0.25, 0.3) is 0 Å². The van der Waals surface area contributed by atoms with Gasteiger partial charge < -0.3 is 10.4 Å². The molecule has 2 N–H and O–H groups in total. The summed E-state index contributed by atoms with van der Waals surface area (Å²) < 4.78 is 38.5. The van der Waals surface area contributed by atoms with E-state index in [0.717, 1.165) is 17.7 Å². The summed E-state index contributed by atoms with van der Waals surface area (Å²) in [7, 11) is 0. The molecule has 2 aromatic rings. The zero-order valence-electron chi connectivity index (χ0n) is 11.8. The Labute approximate surface area is 126 Å². The monoisotopic (exact) mass is 307 g/mol. The van der Waals surface area contributed by atoms with Gasteiger partial charge in [-0.2, -0.15) is 13.2 Å². The number of halogens is 3. The predicted octanol–water partition coefficient (Wildman–Crippen LogP) is 3.63. The van der Waals surface area contributed by atoms with Gasteiger partial charge in [-0.15, -0.1) is 0 Å². The maximum atomic E-state index is 12.8. The number of nitrogens with one attached hydrogen (secondary N) is 1. The fourth-order valence-electron chi connectivity index (χ4n) is 2.90. The Bertz CT molecular complexity index is 656. The number of aliphatic hydroxyl groups is 1. The normalized spacial score (nSPS) is 25.4. The summed E-state index contributed by atoms with van der Waals surface area (Å²) >= 11 is 0. The van der Waals surface area contributed by atoms with Crippen LogP contribution < -0.4 is 5.32 Å². The average molecular weight is 307 g/mol. The first-order valence-corrected chi connectivity index (χ1v) is 7.07. The molecule has 0 aliphatic carbocycles. The van der Waals surface area contributed by atoms with E-state index in [4.69, 9.17) is 0 Å². The summed E-state index contributed by atoms with van der Waals surface area (Å²) in [6, 6.07) is 14.5. The molecule has 1 saturated heterocycles. The van der Waals surface area contributed by atoms with E-state index >= 15 is 0 Å². The van der Waals surface area contributed by atoms with E-state index in [1.807, 2.05) is 30.3 Å². The van der Waals surface area contributed by atoms with Crippen LogP contribution in [0.4, 0.5) is 13.2 Å². The van der Waals surface area contributed by atoms with E-state index in [-0.39, 0.29) is 12.6 Å². The van der Waals surface area contributed by atoms with E-state index in [0.29, 0.717) is 12.0 Å². The van der Waals surface area contributed by atoms with E-state index < -0.39 is 17.3 Å². The summed E-state index contributed by atoms with van der Waals surface area (Å²) in [5.41, 5.74) is -0.706. The molecule has 5 heteroatoms. The highest BCUT2D eigenvalue weighted by molar-refractivity contribution is 5.33. The van der Waals surface area contributed by atoms with E-state index in [1.54, 1.807) is 6.07 Å². The van der Waals surface area contributed by atoms with Gasteiger partial charge in [-0.1, -0.05) is 42.5 Å². The second-order valence-corrected chi connectivity index (χ2v) is 5.66. The lowest BCUT2D eigenvalue weighted by molar-refractivity contribution is -0.137. The lowest BCUT2D eigenvalue weighted by Crippen LogP contribution is -2.28. The zero-order valence-corrected chi connectivity index (χ0v) is 11.8. The molecule has 22 heavy (non-hydrogen) atoms. The third-order valence-electron chi connectivity index (χ3n) is 4.11. The molecule has 1 heterocycles. The Balaban J connectivity index is 1.86. The van der Waals surface area contributed by atoms with Gasteiger partial charge in [-0.3, -0.25) is 0 Å². The van der Waals surface area contributed by atoms with Crippen molar-refractivity contribution in [3.8, 4) is 0 Å². The molecular weight excluding hydrogens is 291 g/mol. The topological polar surface area (TPSA) is 32.3 Å². The first-order valence-electron chi connectivity index (χ1n) is 7.07. The molecule has 0 aromatic heterocycles. The van der Waals surface area contributed by atoms with Crippen molar-refractivity contribution in [3.63, 3.8) is 0 Å². The highest BCUT2D eigenvalue weighted by Gasteiger charge is 2.40. The molecular formula is C17H16F3NO. The van der Waals surface area contributed by atoms with Crippen molar-refractivity contribution in [1.82, 2.24) is 5.32 Å². The molecule has 3 rings (SSSR count). The van der Waals surface area contributed by atoms with Crippen molar-refractivity contribution >= 4 is 0 Å². The van der Waals surface area contributed by atoms with Crippen LogP contribution in [0.15, 0.2) is 54.6 Å². The van der Waals surface area contributed by atoms with Gasteiger partial charge in [0.1, 0.15) is 5.60 Å². The first kappa shape index (κ1) is 15.1. The lowest BCUT2D eigenvalue weighted by atomic mass is 9.88. The summed E-state index contributed by atoms with van der Waals surface area (Å²) in [5.74, 6) is 0.